The number of hydrogen-bond acceptors (Lipinski definition) is 4. The Morgan fingerprint density at radius 3 is 2.68 bits per heavy atom. The zero-order chi connectivity index (χ0) is 13.8. The molecule has 1 saturated heterocycles. The molecule has 19 heavy (non-hydrogen) atoms. The molecule has 0 bridgehead atoms. The molecule has 5 heteroatoms. The van der Waals surface area contributed by atoms with Gasteiger partial charge in [-0.1, -0.05) is 11.2 Å². The molecule has 1 aliphatic rings. The molecule has 0 radical (unpaired) electrons. The molecule has 0 saturated carbocycles. The normalized spacial score (nSPS) is 17.8. The summed E-state index contributed by atoms with van der Waals surface area (Å²) in [5, 5.41) is 12.0. The van der Waals surface area contributed by atoms with Crippen LogP contribution in [-0.4, -0.2) is 37.3 Å². The lowest BCUT2D eigenvalue weighted by molar-refractivity contribution is 0.0819. The smallest absolute Gasteiger partial charge is 0.172 e. The number of rotatable bonds is 3. The average molecular weight is 263 g/mol. The Labute approximate surface area is 113 Å². The second kappa shape index (κ2) is 5.93. The maximum absolute atomic E-state index is 8.88. The summed E-state index contributed by atoms with van der Waals surface area (Å²) in [7, 11) is 1.76. The lowest BCUT2D eigenvalue weighted by Crippen LogP contribution is -2.37. The molecule has 0 aliphatic carbocycles. The summed E-state index contributed by atoms with van der Waals surface area (Å²) in [5.74, 6) is 0.156. The van der Waals surface area contributed by atoms with Crippen LogP contribution < -0.4 is 10.6 Å². The first-order valence-corrected chi connectivity index (χ1v) is 6.52. The van der Waals surface area contributed by atoms with E-state index in [9.17, 15) is 0 Å². The number of ether oxygens (including phenoxy) is 1. The number of oxime groups is 1. The number of methoxy groups -OCH3 is 1. The zero-order valence-electron chi connectivity index (χ0n) is 11.5. The van der Waals surface area contributed by atoms with E-state index in [2.05, 4.69) is 16.1 Å². The van der Waals surface area contributed by atoms with Gasteiger partial charge < -0.3 is 20.6 Å². The van der Waals surface area contributed by atoms with Crippen molar-refractivity contribution in [3.8, 4) is 0 Å². The van der Waals surface area contributed by atoms with Crippen LogP contribution in [0.5, 0.6) is 0 Å². The molecule has 0 unspecified atom stereocenters. The first kappa shape index (κ1) is 13.7. The summed E-state index contributed by atoms with van der Waals surface area (Å²) in [6, 6.07) is 5.96. The molecule has 0 atom stereocenters. The van der Waals surface area contributed by atoms with Crippen molar-refractivity contribution in [2.24, 2.45) is 10.9 Å². The number of benzene rings is 1. The molecule has 0 amide bonds. The van der Waals surface area contributed by atoms with Crippen molar-refractivity contribution < 1.29 is 9.94 Å². The number of anilines is 1. The van der Waals surface area contributed by atoms with Crippen LogP contribution in [0, 0.1) is 6.92 Å². The Balaban J connectivity index is 2.26. The van der Waals surface area contributed by atoms with E-state index in [0.29, 0.717) is 6.10 Å². The van der Waals surface area contributed by atoms with Gasteiger partial charge in [0.15, 0.2) is 5.84 Å². The highest BCUT2D eigenvalue weighted by Gasteiger charge is 2.21. The Morgan fingerprint density at radius 2 is 2.11 bits per heavy atom. The number of amidine groups is 1. The first-order chi connectivity index (χ1) is 9.15. The van der Waals surface area contributed by atoms with E-state index in [4.69, 9.17) is 15.7 Å². The van der Waals surface area contributed by atoms with Crippen molar-refractivity contribution in [2.45, 2.75) is 25.9 Å². The van der Waals surface area contributed by atoms with Gasteiger partial charge in [0.05, 0.1) is 6.10 Å². The standard InChI is InChI=1S/C14H21N3O2/c1-10-3-4-12(14(15)16-18)13(9-10)17-7-5-11(19-2)6-8-17/h3-4,9,11,18H,5-8H2,1-2H3,(H2,15,16). The van der Waals surface area contributed by atoms with E-state index < -0.39 is 0 Å². The molecular weight excluding hydrogens is 242 g/mol. The molecule has 0 spiro atoms. The fourth-order valence-electron chi connectivity index (χ4n) is 2.51. The van der Waals surface area contributed by atoms with Gasteiger partial charge in [0, 0.05) is 31.5 Å². The van der Waals surface area contributed by atoms with Gasteiger partial charge in [0.2, 0.25) is 0 Å². The van der Waals surface area contributed by atoms with Crippen LogP contribution >= 0.6 is 0 Å². The van der Waals surface area contributed by atoms with Gasteiger partial charge in [-0.05, 0) is 37.5 Å². The third-order valence-corrected chi connectivity index (χ3v) is 3.65. The third-order valence-electron chi connectivity index (χ3n) is 3.65. The Hall–Kier alpha value is -1.75. The van der Waals surface area contributed by atoms with Crippen LogP contribution in [0.25, 0.3) is 0 Å². The number of hydrogen-bond donors (Lipinski definition) is 2. The van der Waals surface area contributed by atoms with E-state index in [1.165, 1.54) is 5.56 Å². The summed E-state index contributed by atoms with van der Waals surface area (Å²) in [6.45, 7) is 3.89. The van der Waals surface area contributed by atoms with E-state index in [0.717, 1.165) is 37.2 Å². The number of piperidine rings is 1. The molecule has 1 aromatic rings. The lowest BCUT2D eigenvalue weighted by Gasteiger charge is -2.34. The van der Waals surface area contributed by atoms with Crippen molar-refractivity contribution in [1.29, 1.82) is 0 Å². The predicted octanol–water partition coefficient (Wildman–Crippen LogP) is 1.70. The fraction of sp³-hybridized carbons (Fsp3) is 0.500. The van der Waals surface area contributed by atoms with Crippen LogP contribution in [0.1, 0.15) is 24.0 Å². The van der Waals surface area contributed by atoms with Gasteiger partial charge in [-0.2, -0.15) is 0 Å². The van der Waals surface area contributed by atoms with Gasteiger partial charge in [0.25, 0.3) is 0 Å². The van der Waals surface area contributed by atoms with Gasteiger partial charge in [0.1, 0.15) is 0 Å². The van der Waals surface area contributed by atoms with Crippen molar-refractivity contribution >= 4 is 11.5 Å². The molecule has 3 N–H and O–H groups in total. The molecule has 1 heterocycles. The molecule has 5 nitrogen and oxygen atoms in total. The van der Waals surface area contributed by atoms with Gasteiger partial charge in [-0.3, -0.25) is 0 Å². The second-order valence-corrected chi connectivity index (χ2v) is 4.93. The third kappa shape index (κ3) is 2.98. The monoisotopic (exact) mass is 263 g/mol. The van der Waals surface area contributed by atoms with Crippen LogP contribution in [0.2, 0.25) is 0 Å². The van der Waals surface area contributed by atoms with Crippen molar-refractivity contribution in [3.05, 3.63) is 29.3 Å². The average Bonchev–Trinajstić information content (AvgIpc) is 2.46. The van der Waals surface area contributed by atoms with Crippen molar-refractivity contribution in [2.75, 3.05) is 25.1 Å². The van der Waals surface area contributed by atoms with E-state index in [1.807, 2.05) is 19.1 Å². The Bertz CT molecular complexity index is 466. The van der Waals surface area contributed by atoms with Crippen molar-refractivity contribution in [1.82, 2.24) is 0 Å². The van der Waals surface area contributed by atoms with Gasteiger partial charge in [-0.25, -0.2) is 0 Å². The summed E-state index contributed by atoms with van der Waals surface area (Å²) in [6.07, 6.45) is 2.34. The van der Waals surface area contributed by atoms with Gasteiger partial charge >= 0.3 is 0 Å². The SMILES string of the molecule is COC1CCN(c2cc(C)ccc2C(N)=NO)CC1. The highest BCUT2D eigenvalue weighted by atomic mass is 16.5. The maximum atomic E-state index is 8.88. The summed E-state index contributed by atoms with van der Waals surface area (Å²) in [5.41, 5.74) is 8.73. The van der Waals surface area contributed by atoms with Gasteiger partial charge in [-0.15, -0.1) is 0 Å². The predicted molar refractivity (Wildman–Crippen MR) is 75.9 cm³/mol. The lowest BCUT2D eigenvalue weighted by atomic mass is 10.0. The summed E-state index contributed by atoms with van der Waals surface area (Å²) >= 11 is 0. The molecule has 1 aliphatic heterocycles. The highest BCUT2D eigenvalue weighted by molar-refractivity contribution is 6.02. The molecule has 104 valence electrons. The minimum absolute atomic E-state index is 0.156. The molecular formula is C14H21N3O2. The Morgan fingerprint density at radius 1 is 1.42 bits per heavy atom. The number of nitrogens with zero attached hydrogens (tertiary/aromatic N) is 2. The van der Waals surface area contributed by atoms with Crippen LogP contribution in [0.15, 0.2) is 23.4 Å². The number of nitrogens with two attached hydrogens (primary N) is 1. The minimum atomic E-state index is 0.156. The fourth-order valence-corrected chi connectivity index (χ4v) is 2.51. The molecule has 1 aromatic carbocycles. The quantitative estimate of drug-likeness (QED) is 0.377. The topological polar surface area (TPSA) is 71.1 Å². The van der Waals surface area contributed by atoms with Crippen LogP contribution in [0.3, 0.4) is 0 Å². The number of aryl methyl sites for hydroxylation is 1. The van der Waals surface area contributed by atoms with E-state index in [1.54, 1.807) is 7.11 Å². The van der Waals surface area contributed by atoms with Crippen molar-refractivity contribution in [3.63, 3.8) is 0 Å². The molecule has 2 rings (SSSR count). The minimum Gasteiger partial charge on any atom is -0.409 e. The maximum Gasteiger partial charge on any atom is 0.172 e. The zero-order valence-corrected chi connectivity index (χ0v) is 11.5. The van der Waals surface area contributed by atoms with E-state index in [-0.39, 0.29) is 5.84 Å². The summed E-state index contributed by atoms with van der Waals surface area (Å²) in [4.78, 5) is 2.27. The van der Waals surface area contributed by atoms with E-state index >= 15 is 0 Å². The van der Waals surface area contributed by atoms with Crippen LogP contribution in [-0.2, 0) is 4.74 Å². The highest BCUT2D eigenvalue weighted by Crippen LogP contribution is 2.26. The van der Waals surface area contributed by atoms with Crippen LogP contribution in [0.4, 0.5) is 5.69 Å². The second-order valence-electron chi connectivity index (χ2n) is 4.93. The first-order valence-electron chi connectivity index (χ1n) is 6.52. The largest absolute Gasteiger partial charge is 0.409 e. The summed E-state index contributed by atoms with van der Waals surface area (Å²) < 4.78 is 5.38. The molecule has 1 fully saturated rings. The Kier molecular flexibility index (Phi) is 4.27. The molecule has 0 aromatic heterocycles.